The molecule has 3 heterocycles. The molecule has 0 amide bonds. The zero-order valence-corrected chi connectivity index (χ0v) is 20.8. The predicted octanol–water partition coefficient (Wildman–Crippen LogP) is 2.36. The second kappa shape index (κ2) is 12.7. The zero-order chi connectivity index (χ0) is 23.6. The van der Waals surface area contributed by atoms with Crippen molar-refractivity contribution in [1.29, 1.82) is 0 Å². The van der Waals surface area contributed by atoms with E-state index in [9.17, 15) is 0 Å². The highest BCUT2D eigenvalue weighted by molar-refractivity contribution is 5.26. The molecule has 178 valence electrons. The van der Waals surface area contributed by atoms with Crippen LogP contribution in [0.3, 0.4) is 0 Å². The lowest BCUT2D eigenvalue weighted by atomic mass is 9.91. The summed E-state index contributed by atoms with van der Waals surface area (Å²) in [5.74, 6) is 3.40. The molecule has 0 aromatic carbocycles. The summed E-state index contributed by atoms with van der Waals surface area (Å²) in [5.41, 5.74) is 2.66. The van der Waals surface area contributed by atoms with Crippen LogP contribution in [0, 0.1) is 12.3 Å². The van der Waals surface area contributed by atoms with Crippen molar-refractivity contribution in [3.63, 3.8) is 0 Å². The van der Waals surface area contributed by atoms with E-state index in [1.165, 1.54) is 23.0 Å². The third kappa shape index (κ3) is 6.32. The van der Waals surface area contributed by atoms with Crippen molar-refractivity contribution >= 4 is 12.2 Å². The highest BCUT2D eigenvalue weighted by Gasteiger charge is 2.26. The van der Waals surface area contributed by atoms with E-state index in [4.69, 9.17) is 14.7 Å². The molecule has 4 rings (SSSR count). The van der Waals surface area contributed by atoms with E-state index in [-0.39, 0.29) is 0 Å². The summed E-state index contributed by atoms with van der Waals surface area (Å²) in [7, 11) is 2.22. The summed E-state index contributed by atoms with van der Waals surface area (Å²) in [6.07, 6.45) is 14.4. The Morgan fingerprint density at radius 1 is 1.24 bits per heavy atom. The summed E-state index contributed by atoms with van der Waals surface area (Å²) >= 11 is 0. The molecule has 6 heteroatoms. The Bertz CT molecular complexity index is 1050. The van der Waals surface area contributed by atoms with Crippen LogP contribution in [-0.2, 0) is 24.2 Å². The van der Waals surface area contributed by atoms with Crippen LogP contribution in [0.2, 0.25) is 0 Å². The van der Waals surface area contributed by atoms with Crippen molar-refractivity contribution in [2.45, 2.75) is 59.2 Å². The number of hydrogen-bond acceptors (Lipinski definition) is 5. The molecule has 2 aromatic rings. The zero-order valence-electron chi connectivity index (χ0n) is 20.8. The summed E-state index contributed by atoms with van der Waals surface area (Å²) in [5, 5.41) is 2.32. The summed E-state index contributed by atoms with van der Waals surface area (Å²) < 4.78 is 7.93. The fourth-order valence-corrected chi connectivity index (χ4v) is 4.83. The molecule has 6 nitrogen and oxygen atoms in total. The van der Waals surface area contributed by atoms with Crippen LogP contribution in [0.25, 0.3) is 12.2 Å². The van der Waals surface area contributed by atoms with E-state index in [0.29, 0.717) is 6.04 Å². The minimum Gasteiger partial charge on any atom is -0.379 e. The maximum absolute atomic E-state index is 5.51. The molecule has 0 spiro atoms. The van der Waals surface area contributed by atoms with Gasteiger partial charge < -0.3 is 9.30 Å². The lowest BCUT2D eigenvalue weighted by molar-refractivity contribution is 0.0361. The van der Waals surface area contributed by atoms with Crippen molar-refractivity contribution < 1.29 is 4.74 Å². The summed E-state index contributed by atoms with van der Waals surface area (Å²) in [6.45, 7) is 12.4. The SMILES string of the molecule is C#CC.C/C=c1/nc(CN(C)C2CCCc3cccnc32)n(CCN2CCOCC2)/c1=C/C. The van der Waals surface area contributed by atoms with E-state index in [0.717, 1.165) is 70.0 Å². The van der Waals surface area contributed by atoms with Gasteiger partial charge in [0.2, 0.25) is 0 Å². The van der Waals surface area contributed by atoms with Crippen LogP contribution in [0.15, 0.2) is 18.3 Å². The van der Waals surface area contributed by atoms with E-state index in [1.54, 1.807) is 6.92 Å². The first-order valence-electron chi connectivity index (χ1n) is 12.1. The van der Waals surface area contributed by atoms with E-state index in [1.807, 2.05) is 6.20 Å². The average molecular weight is 450 g/mol. The number of ether oxygens (including phenoxy) is 1. The topological polar surface area (TPSA) is 46.4 Å². The molecule has 1 saturated heterocycles. The highest BCUT2D eigenvalue weighted by atomic mass is 16.5. The van der Waals surface area contributed by atoms with Gasteiger partial charge in [-0.3, -0.25) is 14.8 Å². The number of aryl methyl sites for hydroxylation is 1. The molecule has 0 radical (unpaired) electrons. The van der Waals surface area contributed by atoms with Gasteiger partial charge in [-0.15, -0.1) is 12.3 Å². The number of rotatable bonds is 6. The molecular weight excluding hydrogens is 410 g/mol. The van der Waals surface area contributed by atoms with Crippen LogP contribution < -0.4 is 10.7 Å². The number of nitrogens with zero attached hydrogens (tertiary/aromatic N) is 5. The molecule has 1 atom stereocenters. The Morgan fingerprint density at radius 3 is 2.70 bits per heavy atom. The second-order valence-corrected chi connectivity index (χ2v) is 8.64. The molecule has 2 aliphatic rings. The van der Waals surface area contributed by atoms with Crippen LogP contribution in [0.4, 0.5) is 0 Å². The normalized spacial score (nSPS) is 19.7. The number of fused-ring (bicyclic) bond motifs is 1. The van der Waals surface area contributed by atoms with Gasteiger partial charge in [0.1, 0.15) is 5.82 Å². The predicted molar refractivity (Wildman–Crippen MR) is 135 cm³/mol. The fourth-order valence-electron chi connectivity index (χ4n) is 4.83. The standard InChI is InChI=1S/C24H35N5O.C3H4/c1-4-20-21(5-2)29(13-12-28-14-16-30-17-15-28)23(26-20)18-27(3)22-10-6-8-19-9-7-11-25-24(19)22;1-3-2/h4-5,7,9,11,22H,6,8,10,12-18H2,1-3H3;1H,2H3/b20-4+,21-5+;. The number of hydrogen-bond donors (Lipinski definition) is 0. The van der Waals surface area contributed by atoms with Gasteiger partial charge in [-0.1, -0.05) is 18.2 Å². The number of aromatic nitrogens is 3. The molecule has 2 aromatic heterocycles. The minimum atomic E-state index is 0.363. The van der Waals surface area contributed by atoms with Crippen molar-refractivity contribution in [3.05, 3.63) is 46.1 Å². The maximum atomic E-state index is 5.51. The molecule has 0 N–H and O–H groups in total. The number of pyridine rings is 1. The van der Waals surface area contributed by atoms with Gasteiger partial charge >= 0.3 is 0 Å². The largest absolute Gasteiger partial charge is 0.379 e. The number of imidazole rings is 1. The molecule has 0 bridgehead atoms. The Labute approximate surface area is 199 Å². The highest BCUT2D eigenvalue weighted by Crippen LogP contribution is 2.32. The van der Waals surface area contributed by atoms with Crippen LogP contribution in [-0.4, -0.2) is 64.2 Å². The summed E-state index contributed by atoms with van der Waals surface area (Å²) in [4.78, 5) is 14.7. The monoisotopic (exact) mass is 449 g/mol. The average Bonchev–Trinajstić information content (AvgIpc) is 3.19. The van der Waals surface area contributed by atoms with Crippen molar-refractivity contribution in [3.8, 4) is 12.3 Å². The molecule has 1 aliphatic heterocycles. The fraction of sp³-hybridized carbons (Fsp3) is 0.556. The molecule has 33 heavy (non-hydrogen) atoms. The van der Waals surface area contributed by atoms with Gasteiger partial charge in [-0.2, -0.15) is 0 Å². The molecule has 1 unspecified atom stereocenters. The van der Waals surface area contributed by atoms with Gasteiger partial charge in [0.15, 0.2) is 0 Å². The van der Waals surface area contributed by atoms with Gasteiger partial charge in [0, 0.05) is 32.4 Å². The molecule has 1 fully saturated rings. The van der Waals surface area contributed by atoms with E-state index < -0.39 is 0 Å². The van der Waals surface area contributed by atoms with Crippen molar-refractivity contribution in [2.24, 2.45) is 0 Å². The Kier molecular flexibility index (Phi) is 9.68. The van der Waals surface area contributed by atoms with E-state index in [2.05, 4.69) is 71.9 Å². The minimum absolute atomic E-state index is 0.363. The first-order chi connectivity index (χ1) is 16.1. The molecule has 1 aliphatic carbocycles. The first kappa shape index (κ1) is 25.2. The molecular formula is C27H39N5O. The smallest absolute Gasteiger partial charge is 0.124 e. The van der Waals surface area contributed by atoms with Gasteiger partial charge in [0.25, 0.3) is 0 Å². The van der Waals surface area contributed by atoms with Gasteiger partial charge in [0.05, 0.1) is 42.2 Å². The van der Waals surface area contributed by atoms with Crippen LogP contribution in [0.1, 0.15) is 56.7 Å². The maximum Gasteiger partial charge on any atom is 0.124 e. The molecule has 0 saturated carbocycles. The second-order valence-electron chi connectivity index (χ2n) is 8.64. The Morgan fingerprint density at radius 2 is 2.00 bits per heavy atom. The quantitative estimate of drug-likeness (QED) is 0.634. The van der Waals surface area contributed by atoms with Crippen molar-refractivity contribution in [1.82, 2.24) is 24.3 Å². The number of terminal acetylenes is 1. The number of morpholine rings is 1. The Hall–Kier alpha value is -2.46. The van der Waals surface area contributed by atoms with Crippen molar-refractivity contribution in [2.75, 3.05) is 39.9 Å². The van der Waals surface area contributed by atoms with Crippen LogP contribution in [0.5, 0.6) is 0 Å². The first-order valence-corrected chi connectivity index (χ1v) is 12.1. The lowest BCUT2D eigenvalue weighted by Gasteiger charge is -2.32. The van der Waals surface area contributed by atoms with Gasteiger partial charge in [-0.05, 0) is 58.7 Å². The van der Waals surface area contributed by atoms with Gasteiger partial charge in [-0.25, -0.2) is 4.98 Å². The third-order valence-corrected chi connectivity index (χ3v) is 6.49. The third-order valence-electron chi connectivity index (χ3n) is 6.49. The summed E-state index contributed by atoms with van der Waals surface area (Å²) in [6, 6.07) is 4.66. The van der Waals surface area contributed by atoms with E-state index >= 15 is 0 Å². The Balaban J connectivity index is 0.000000968. The lowest BCUT2D eigenvalue weighted by Crippen LogP contribution is -2.40. The van der Waals surface area contributed by atoms with Crippen LogP contribution >= 0.6 is 0 Å².